The smallest absolute Gasteiger partial charge is 0.312 e. The molecule has 0 saturated carbocycles. The van der Waals surface area contributed by atoms with E-state index in [1.165, 1.54) is 12.3 Å². The Bertz CT molecular complexity index is 1260. The highest BCUT2D eigenvalue weighted by molar-refractivity contribution is 6.31. The van der Waals surface area contributed by atoms with E-state index < -0.39 is 16.4 Å². The Morgan fingerprint density at radius 1 is 1.17 bits per heavy atom. The van der Waals surface area contributed by atoms with Crippen LogP contribution in [0.15, 0.2) is 64.0 Å². The van der Waals surface area contributed by atoms with Crippen molar-refractivity contribution >= 4 is 40.3 Å². The van der Waals surface area contributed by atoms with Gasteiger partial charge in [-0.25, -0.2) is 4.98 Å². The molecule has 7 nitrogen and oxygen atoms in total. The number of rotatable bonds is 4. The summed E-state index contributed by atoms with van der Waals surface area (Å²) in [6, 6.07) is 15.5. The normalized spacial score (nSPS) is 11.4. The molecule has 0 spiro atoms. The molecule has 0 atom stereocenters. The number of nitro benzene ring substituents is 1. The van der Waals surface area contributed by atoms with Gasteiger partial charge in [-0.3, -0.25) is 15.1 Å². The topological polar surface area (TPSA) is 102 Å². The van der Waals surface area contributed by atoms with Crippen molar-refractivity contribution in [3.05, 3.63) is 80.9 Å². The summed E-state index contributed by atoms with van der Waals surface area (Å²) in [5, 5.41) is 21.2. The van der Waals surface area contributed by atoms with Crippen LogP contribution < -0.4 is 0 Å². The van der Waals surface area contributed by atoms with Gasteiger partial charge in [0.2, 0.25) is 11.6 Å². The zero-order valence-electron chi connectivity index (χ0n) is 15.2. The van der Waals surface area contributed by atoms with Crippen LogP contribution in [0.1, 0.15) is 11.1 Å². The number of fused-ring (bicyclic) bond motifs is 1. The molecule has 0 saturated heterocycles. The molecule has 0 bridgehead atoms. The first-order valence-electron chi connectivity index (χ1n) is 8.59. The zero-order chi connectivity index (χ0) is 20.5. The van der Waals surface area contributed by atoms with E-state index in [2.05, 4.69) is 9.98 Å². The van der Waals surface area contributed by atoms with E-state index in [1.807, 2.05) is 31.2 Å². The van der Waals surface area contributed by atoms with Crippen LogP contribution in [-0.4, -0.2) is 21.2 Å². The summed E-state index contributed by atoms with van der Waals surface area (Å²) in [5.74, 6) is 0.0107. The summed E-state index contributed by atoms with van der Waals surface area (Å²) in [6.45, 7) is 2.01. The number of aromatic nitrogens is 1. The number of aromatic hydroxyl groups is 1. The van der Waals surface area contributed by atoms with E-state index in [0.717, 1.165) is 17.2 Å². The first kappa shape index (κ1) is 18.6. The maximum Gasteiger partial charge on any atom is 0.312 e. The third kappa shape index (κ3) is 3.81. The monoisotopic (exact) mass is 407 g/mol. The highest BCUT2D eigenvalue weighted by Gasteiger charge is 2.17. The molecule has 1 N–H and O–H groups in total. The summed E-state index contributed by atoms with van der Waals surface area (Å²) in [7, 11) is 0. The van der Waals surface area contributed by atoms with Gasteiger partial charge >= 0.3 is 5.69 Å². The Kier molecular flexibility index (Phi) is 4.74. The molecule has 144 valence electrons. The maximum absolute atomic E-state index is 11.0. The van der Waals surface area contributed by atoms with Gasteiger partial charge in [0.25, 0.3) is 0 Å². The van der Waals surface area contributed by atoms with Crippen LogP contribution in [0.5, 0.6) is 5.75 Å². The lowest BCUT2D eigenvalue weighted by molar-refractivity contribution is -0.385. The van der Waals surface area contributed by atoms with Crippen molar-refractivity contribution in [2.75, 3.05) is 0 Å². The molecule has 3 aromatic carbocycles. The fourth-order valence-electron chi connectivity index (χ4n) is 2.80. The predicted molar refractivity (Wildman–Crippen MR) is 111 cm³/mol. The molecule has 0 unspecified atom stereocenters. The summed E-state index contributed by atoms with van der Waals surface area (Å²) in [5.41, 5.74) is 3.46. The fraction of sp³-hybridized carbons (Fsp3) is 0.0476. The highest BCUT2D eigenvalue weighted by Crippen LogP contribution is 2.33. The maximum atomic E-state index is 11.0. The minimum Gasteiger partial charge on any atom is -0.502 e. The van der Waals surface area contributed by atoms with E-state index >= 15 is 0 Å². The molecule has 1 heterocycles. The van der Waals surface area contributed by atoms with Crippen LogP contribution in [0.3, 0.4) is 0 Å². The second kappa shape index (κ2) is 7.37. The van der Waals surface area contributed by atoms with Crippen LogP contribution in [0.4, 0.5) is 11.4 Å². The molecular weight excluding hydrogens is 394 g/mol. The standard InChI is InChI=1S/C21H14ClN3O4/c1-12-2-4-13(5-3-12)21-24-17-10-16(6-7-19(17)29-21)23-11-14-8-15(22)9-18(20(14)26)25(27)28/h2-11,26H,1H3. The molecular formula is C21H14ClN3O4. The van der Waals surface area contributed by atoms with Gasteiger partial charge in [-0.1, -0.05) is 29.3 Å². The molecule has 0 radical (unpaired) electrons. The Hall–Kier alpha value is -3.71. The Morgan fingerprint density at radius 3 is 2.66 bits per heavy atom. The lowest BCUT2D eigenvalue weighted by atomic mass is 10.1. The molecule has 0 aliphatic heterocycles. The predicted octanol–water partition coefficient (Wildman–Crippen LogP) is 5.82. The number of nitro groups is 1. The number of aryl methyl sites for hydroxylation is 1. The quantitative estimate of drug-likeness (QED) is 0.261. The molecule has 29 heavy (non-hydrogen) atoms. The van der Waals surface area contributed by atoms with Gasteiger partial charge < -0.3 is 9.52 Å². The number of nitrogens with zero attached hydrogens (tertiary/aromatic N) is 3. The summed E-state index contributed by atoms with van der Waals surface area (Å²) in [6.07, 6.45) is 1.32. The van der Waals surface area contributed by atoms with E-state index in [4.69, 9.17) is 16.0 Å². The summed E-state index contributed by atoms with van der Waals surface area (Å²) >= 11 is 5.90. The van der Waals surface area contributed by atoms with Crippen molar-refractivity contribution in [1.82, 2.24) is 4.98 Å². The van der Waals surface area contributed by atoms with E-state index in [-0.39, 0.29) is 10.6 Å². The molecule has 0 aliphatic carbocycles. The van der Waals surface area contributed by atoms with E-state index in [0.29, 0.717) is 22.7 Å². The number of hydrogen-bond acceptors (Lipinski definition) is 6. The number of benzene rings is 3. The average Bonchev–Trinajstić information content (AvgIpc) is 3.12. The van der Waals surface area contributed by atoms with Gasteiger partial charge in [-0.05, 0) is 43.3 Å². The van der Waals surface area contributed by atoms with Crippen molar-refractivity contribution in [2.45, 2.75) is 6.92 Å². The minimum absolute atomic E-state index is 0.130. The highest BCUT2D eigenvalue weighted by atomic mass is 35.5. The number of phenols is 1. The molecule has 4 rings (SSSR count). The molecule has 4 aromatic rings. The number of hydrogen-bond donors (Lipinski definition) is 1. The fourth-order valence-corrected chi connectivity index (χ4v) is 3.02. The van der Waals surface area contributed by atoms with Gasteiger partial charge in [0, 0.05) is 28.4 Å². The van der Waals surface area contributed by atoms with Crippen molar-refractivity contribution in [3.63, 3.8) is 0 Å². The largest absolute Gasteiger partial charge is 0.502 e. The van der Waals surface area contributed by atoms with Crippen LogP contribution in [-0.2, 0) is 0 Å². The van der Waals surface area contributed by atoms with Gasteiger partial charge in [-0.15, -0.1) is 0 Å². The Morgan fingerprint density at radius 2 is 1.93 bits per heavy atom. The second-order valence-corrected chi connectivity index (χ2v) is 6.85. The van der Waals surface area contributed by atoms with Crippen LogP contribution >= 0.6 is 11.6 Å². The third-order valence-corrected chi connectivity index (χ3v) is 4.52. The first-order chi connectivity index (χ1) is 13.9. The number of halogens is 1. The van der Waals surface area contributed by atoms with Gasteiger partial charge in [0.15, 0.2) is 5.58 Å². The van der Waals surface area contributed by atoms with Crippen molar-refractivity contribution in [1.29, 1.82) is 0 Å². The molecule has 1 aromatic heterocycles. The third-order valence-electron chi connectivity index (χ3n) is 4.30. The lowest BCUT2D eigenvalue weighted by Crippen LogP contribution is -1.92. The second-order valence-electron chi connectivity index (χ2n) is 6.42. The number of oxazole rings is 1. The average molecular weight is 408 g/mol. The summed E-state index contributed by atoms with van der Waals surface area (Å²) < 4.78 is 5.79. The molecule has 0 fully saturated rings. The van der Waals surface area contributed by atoms with Gasteiger partial charge in [-0.2, -0.15) is 0 Å². The van der Waals surface area contributed by atoms with Crippen molar-refractivity contribution in [3.8, 4) is 17.2 Å². The number of aliphatic imine (C=N–C) groups is 1. The summed E-state index contributed by atoms with van der Waals surface area (Å²) in [4.78, 5) is 19.1. The molecule has 0 aliphatic rings. The zero-order valence-corrected chi connectivity index (χ0v) is 15.9. The van der Waals surface area contributed by atoms with Crippen LogP contribution in [0.2, 0.25) is 5.02 Å². The van der Waals surface area contributed by atoms with E-state index in [1.54, 1.807) is 18.2 Å². The van der Waals surface area contributed by atoms with Crippen molar-refractivity contribution in [2.24, 2.45) is 4.99 Å². The molecule has 0 amide bonds. The van der Waals surface area contributed by atoms with Gasteiger partial charge in [0.05, 0.1) is 10.6 Å². The lowest BCUT2D eigenvalue weighted by Gasteiger charge is -2.01. The van der Waals surface area contributed by atoms with Crippen LogP contribution in [0, 0.1) is 17.0 Å². The molecule has 8 heteroatoms. The minimum atomic E-state index is -0.702. The SMILES string of the molecule is Cc1ccc(-c2nc3cc(N=Cc4cc(Cl)cc([N+](=O)[O-])c4O)ccc3o2)cc1. The van der Waals surface area contributed by atoms with Gasteiger partial charge in [0.1, 0.15) is 5.52 Å². The Balaban J connectivity index is 1.67. The Labute approximate surface area is 170 Å². The van der Waals surface area contributed by atoms with E-state index in [9.17, 15) is 15.2 Å². The van der Waals surface area contributed by atoms with Crippen LogP contribution in [0.25, 0.3) is 22.6 Å². The first-order valence-corrected chi connectivity index (χ1v) is 8.97. The van der Waals surface area contributed by atoms with Crippen molar-refractivity contribution < 1.29 is 14.4 Å². The number of phenolic OH excluding ortho intramolecular Hbond substituents is 1.